The topological polar surface area (TPSA) is 69.0 Å². The van der Waals surface area contributed by atoms with Crippen LogP contribution in [0.2, 0.25) is 10.0 Å². The lowest BCUT2D eigenvalue weighted by Gasteiger charge is -2.26. The van der Waals surface area contributed by atoms with E-state index in [1.54, 1.807) is 29.2 Å². The predicted octanol–water partition coefficient (Wildman–Crippen LogP) is 3.27. The molecule has 6 nitrogen and oxygen atoms in total. The molecular formula is C17H15Cl2NO5. The molecule has 132 valence electrons. The number of ether oxygens (including phenoxy) is 2. The van der Waals surface area contributed by atoms with Crippen LogP contribution in [-0.4, -0.2) is 49.7 Å². The predicted molar refractivity (Wildman–Crippen MR) is 91.8 cm³/mol. The summed E-state index contributed by atoms with van der Waals surface area (Å²) in [5.74, 6) is -0.605. The zero-order chi connectivity index (χ0) is 17.8. The van der Waals surface area contributed by atoms with Gasteiger partial charge in [0.2, 0.25) is 5.76 Å². The van der Waals surface area contributed by atoms with Crippen molar-refractivity contribution in [1.29, 1.82) is 0 Å². The van der Waals surface area contributed by atoms with Crippen molar-refractivity contribution in [2.75, 3.05) is 32.9 Å². The van der Waals surface area contributed by atoms with E-state index in [1.165, 1.54) is 6.07 Å². The molecule has 0 radical (unpaired) electrons. The van der Waals surface area contributed by atoms with E-state index in [-0.39, 0.29) is 18.3 Å². The Morgan fingerprint density at radius 1 is 1.12 bits per heavy atom. The number of carbonyl (C=O) groups excluding carboxylic acids is 2. The summed E-state index contributed by atoms with van der Waals surface area (Å²) in [5.41, 5.74) is 0.567. The Labute approximate surface area is 154 Å². The summed E-state index contributed by atoms with van der Waals surface area (Å²) in [7, 11) is 0. The fourth-order valence-corrected chi connectivity index (χ4v) is 2.76. The summed E-state index contributed by atoms with van der Waals surface area (Å²) in [6.07, 6.45) is 0. The summed E-state index contributed by atoms with van der Waals surface area (Å²) < 4.78 is 15.7. The molecule has 0 aliphatic carbocycles. The highest BCUT2D eigenvalue weighted by atomic mass is 35.5. The first-order valence-corrected chi connectivity index (χ1v) is 8.38. The number of carbonyl (C=O) groups is 2. The van der Waals surface area contributed by atoms with Crippen molar-refractivity contribution in [3.8, 4) is 11.3 Å². The molecule has 1 amide bonds. The molecule has 2 aromatic rings. The van der Waals surface area contributed by atoms with Crippen LogP contribution in [0.1, 0.15) is 10.6 Å². The Hall–Kier alpha value is -2.02. The standard InChI is InChI=1S/C17H15Cl2NO5/c18-11-1-2-13(19)12(9-11)14-3-4-15(25-14)17(22)24-10-16(21)20-5-7-23-8-6-20/h1-4,9H,5-8,10H2. The second-order valence-electron chi connectivity index (χ2n) is 5.36. The molecule has 1 fully saturated rings. The summed E-state index contributed by atoms with van der Waals surface area (Å²) in [5, 5.41) is 0.942. The molecule has 8 heteroatoms. The van der Waals surface area contributed by atoms with Crippen molar-refractivity contribution >= 4 is 35.1 Å². The third kappa shape index (κ3) is 4.34. The molecule has 0 spiro atoms. The van der Waals surface area contributed by atoms with Crippen molar-refractivity contribution < 1.29 is 23.5 Å². The van der Waals surface area contributed by atoms with Crippen molar-refractivity contribution in [3.63, 3.8) is 0 Å². The normalized spacial score (nSPS) is 14.4. The molecule has 3 rings (SSSR count). The van der Waals surface area contributed by atoms with E-state index in [0.29, 0.717) is 47.7 Å². The van der Waals surface area contributed by atoms with Crippen molar-refractivity contribution in [1.82, 2.24) is 4.90 Å². The van der Waals surface area contributed by atoms with E-state index in [0.717, 1.165) is 0 Å². The number of nitrogens with zero attached hydrogens (tertiary/aromatic N) is 1. The van der Waals surface area contributed by atoms with E-state index in [1.807, 2.05) is 0 Å². The minimum Gasteiger partial charge on any atom is -0.450 e. The molecule has 2 heterocycles. The average Bonchev–Trinajstić information content (AvgIpc) is 3.12. The highest BCUT2D eigenvalue weighted by Crippen LogP contribution is 2.31. The number of esters is 1. The van der Waals surface area contributed by atoms with Gasteiger partial charge in [-0.25, -0.2) is 4.79 Å². The molecule has 25 heavy (non-hydrogen) atoms. The third-order valence-corrected chi connectivity index (χ3v) is 4.26. The van der Waals surface area contributed by atoms with E-state index in [9.17, 15) is 9.59 Å². The van der Waals surface area contributed by atoms with Crippen LogP contribution in [0.4, 0.5) is 0 Å². The lowest BCUT2D eigenvalue weighted by atomic mass is 10.2. The maximum atomic E-state index is 12.1. The first-order valence-electron chi connectivity index (χ1n) is 7.62. The SMILES string of the molecule is O=C(OCC(=O)N1CCOCC1)c1ccc(-c2cc(Cl)ccc2Cl)o1. The Bertz CT molecular complexity index is 783. The van der Waals surface area contributed by atoms with E-state index in [2.05, 4.69) is 0 Å². The smallest absolute Gasteiger partial charge is 0.374 e. The summed E-state index contributed by atoms with van der Waals surface area (Å²) in [6, 6.07) is 8.00. The minimum atomic E-state index is -0.717. The van der Waals surface area contributed by atoms with Crippen LogP contribution in [-0.2, 0) is 14.3 Å². The quantitative estimate of drug-likeness (QED) is 0.757. The maximum Gasteiger partial charge on any atom is 0.374 e. The zero-order valence-electron chi connectivity index (χ0n) is 13.2. The van der Waals surface area contributed by atoms with E-state index >= 15 is 0 Å². The van der Waals surface area contributed by atoms with Crippen LogP contribution >= 0.6 is 23.2 Å². The summed E-state index contributed by atoms with van der Waals surface area (Å²) in [6.45, 7) is 1.62. The van der Waals surface area contributed by atoms with Crippen molar-refractivity contribution in [3.05, 3.63) is 46.1 Å². The molecule has 0 unspecified atom stereocenters. The summed E-state index contributed by atoms with van der Waals surface area (Å²) >= 11 is 12.1. The maximum absolute atomic E-state index is 12.1. The monoisotopic (exact) mass is 383 g/mol. The number of rotatable bonds is 4. The second-order valence-corrected chi connectivity index (χ2v) is 6.20. The molecular weight excluding hydrogens is 369 g/mol. The Morgan fingerprint density at radius 2 is 1.88 bits per heavy atom. The van der Waals surface area contributed by atoms with Gasteiger partial charge < -0.3 is 18.8 Å². The van der Waals surface area contributed by atoms with Crippen LogP contribution in [0.3, 0.4) is 0 Å². The van der Waals surface area contributed by atoms with Crippen LogP contribution < -0.4 is 0 Å². The molecule has 1 saturated heterocycles. The highest BCUT2D eigenvalue weighted by molar-refractivity contribution is 6.35. The van der Waals surface area contributed by atoms with Gasteiger partial charge in [-0.05, 0) is 30.3 Å². The lowest BCUT2D eigenvalue weighted by molar-refractivity contribution is -0.138. The molecule has 1 aliphatic heterocycles. The van der Waals surface area contributed by atoms with Gasteiger partial charge in [-0.3, -0.25) is 4.79 Å². The number of benzene rings is 1. The van der Waals surface area contributed by atoms with Gasteiger partial charge in [-0.15, -0.1) is 0 Å². The van der Waals surface area contributed by atoms with Gasteiger partial charge in [0.15, 0.2) is 6.61 Å². The van der Waals surface area contributed by atoms with E-state index in [4.69, 9.17) is 37.1 Å². The minimum absolute atomic E-state index is 0.0131. The van der Waals surface area contributed by atoms with Crippen molar-refractivity contribution in [2.45, 2.75) is 0 Å². The Balaban J connectivity index is 1.62. The molecule has 1 aromatic heterocycles. The first kappa shape index (κ1) is 17.8. The van der Waals surface area contributed by atoms with Gasteiger partial charge in [0, 0.05) is 23.7 Å². The van der Waals surface area contributed by atoms with Crippen molar-refractivity contribution in [2.24, 2.45) is 0 Å². The third-order valence-electron chi connectivity index (χ3n) is 3.69. The van der Waals surface area contributed by atoms with Crippen LogP contribution in [0.5, 0.6) is 0 Å². The van der Waals surface area contributed by atoms with E-state index < -0.39 is 5.97 Å². The molecule has 1 aliphatic rings. The summed E-state index contributed by atoms with van der Waals surface area (Å²) in [4.78, 5) is 25.6. The first-order chi connectivity index (χ1) is 12.0. The van der Waals surface area contributed by atoms with Gasteiger partial charge >= 0.3 is 5.97 Å². The lowest BCUT2D eigenvalue weighted by Crippen LogP contribution is -2.42. The molecule has 0 N–H and O–H groups in total. The highest BCUT2D eigenvalue weighted by Gasteiger charge is 2.20. The molecule has 0 saturated carbocycles. The Morgan fingerprint density at radius 3 is 2.64 bits per heavy atom. The second kappa shape index (κ2) is 7.91. The van der Waals surface area contributed by atoms with Gasteiger partial charge in [-0.1, -0.05) is 23.2 Å². The van der Waals surface area contributed by atoms with Crippen LogP contribution in [0.15, 0.2) is 34.7 Å². The number of halogens is 2. The van der Waals surface area contributed by atoms with Gasteiger partial charge in [0.05, 0.1) is 18.2 Å². The van der Waals surface area contributed by atoms with Gasteiger partial charge in [0.25, 0.3) is 5.91 Å². The number of furan rings is 1. The molecule has 0 atom stereocenters. The van der Waals surface area contributed by atoms with Crippen LogP contribution in [0.25, 0.3) is 11.3 Å². The fraction of sp³-hybridized carbons (Fsp3) is 0.294. The Kier molecular flexibility index (Phi) is 5.63. The van der Waals surface area contributed by atoms with Crippen LogP contribution in [0, 0.1) is 0 Å². The zero-order valence-corrected chi connectivity index (χ0v) is 14.7. The van der Waals surface area contributed by atoms with Gasteiger partial charge in [-0.2, -0.15) is 0 Å². The number of hydrogen-bond donors (Lipinski definition) is 0. The number of hydrogen-bond acceptors (Lipinski definition) is 5. The largest absolute Gasteiger partial charge is 0.450 e. The number of morpholine rings is 1. The van der Waals surface area contributed by atoms with Gasteiger partial charge in [0.1, 0.15) is 5.76 Å². The number of amides is 1. The average molecular weight is 384 g/mol. The molecule has 0 bridgehead atoms. The fourth-order valence-electron chi connectivity index (χ4n) is 2.38. The molecule has 1 aromatic carbocycles.